The summed E-state index contributed by atoms with van der Waals surface area (Å²) >= 11 is 0. The number of nitrogens with one attached hydrogen (secondary N) is 1. The van der Waals surface area contributed by atoms with Crippen molar-refractivity contribution in [3.05, 3.63) is 77.1 Å². The van der Waals surface area contributed by atoms with Gasteiger partial charge in [0.05, 0.1) is 31.0 Å². The van der Waals surface area contributed by atoms with Crippen LogP contribution in [0.3, 0.4) is 0 Å². The third-order valence-corrected chi connectivity index (χ3v) is 4.00. The van der Waals surface area contributed by atoms with Crippen LogP contribution < -0.4 is 5.32 Å². The van der Waals surface area contributed by atoms with Crippen LogP contribution >= 0.6 is 0 Å². The molecule has 25 heavy (non-hydrogen) atoms. The number of amides is 1. The number of hydrogen-bond acceptors (Lipinski definition) is 4. The summed E-state index contributed by atoms with van der Waals surface area (Å²) in [4.78, 5) is 12.2. The van der Waals surface area contributed by atoms with Gasteiger partial charge >= 0.3 is 0 Å². The van der Waals surface area contributed by atoms with E-state index in [4.69, 9.17) is 5.11 Å². The summed E-state index contributed by atoms with van der Waals surface area (Å²) < 4.78 is 1.80. The average molecular weight is 336 g/mol. The smallest absolute Gasteiger partial charge is 0.230 e. The van der Waals surface area contributed by atoms with E-state index in [1.54, 1.807) is 28.9 Å². The molecule has 3 aromatic rings. The van der Waals surface area contributed by atoms with Crippen molar-refractivity contribution in [3.63, 3.8) is 0 Å². The topological polar surface area (TPSA) is 80.0 Å². The molecule has 0 saturated carbocycles. The molecule has 0 aliphatic rings. The lowest BCUT2D eigenvalue weighted by molar-refractivity contribution is -0.115. The second-order valence-electron chi connectivity index (χ2n) is 5.84. The molecule has 6 heteroatoms. The predicted octanol–water partition coefficient (Wildman–Crippen LogP) is 2.31. The summed E-state index contributed by atoms with van der Waals surface area (Å²) in [5.74, 6) is -0.147. The molecule has 0 spiro atoms. The molecule has 6 nitrogen and oxygen atoms in total. The maximum Gasteiger partial charge on any atom is 0.230 e. The molecule has 2 N–H and O–H groups in total. The Morgan fingerprint density at radius 3 is 2.48 bits per heavy atom. The first-order valence-electron chi connectivity index (χ1n) is 8.08. The summed E-state index contributed by atoms with van der Waals surface area (Å²) in [6.45, 7) is 2.53. The number of benzene rings is 2. The van der Waals surface area contributed by atoms with Crippen molar-refractivity contribution in [1.82, 2.24) is 15.0 Å². The number of aliphatic hydroxyl groups is 1. The van der Waals surface area contributed by atoms with Crippen molar-refractivity contribution < 1.29 is 9.90 Å². The first-order chi connectivity index (χ1) is 12.2. The molecule has 0 aliphatic carbocycles. The molecule has 0 bridgehead atoms. The van der Waals surface area contributed by atoms with E-state index < -0.39 is 0 Å². The van der Waals surface area contributed by atoms with E-state index in [0.29, 0.717) is 17.9 Å². The molecule has 1 amide bonds. The highest BCUT2D eigenvalue weighted by atomic mass is 16.3. The Hall–Kier alpha value is -2.99. The molecule has 0 unspecified atom stereocenters. The third kappa shape index (κ3) is 4.30. The van der Waals surface area contributed by atoms with Crippen molar-refractivity contribution in [2.75, 3.05) is 5.32 Å². The van der Waals surface area contributed by atoms with Crippen LogP contribution in [-0.2, 0) is 24.4 Å². The van der Waals surface area contributed by atoms with E-state index in [0.717, 1.165) is 16.8 Å². The quantitative estimate of drug-likeness (QED) is 0.724. The minimum absolute atomic E-state index is 0.0159. The number of carbonyl (C=O) groups excluding carboxylic acids is 1. The molecular formula is C19H20N4O2. The molecule has 0 radical (unpaired) electrons. The van der Waals surface area contributed by atoms with Crippen molar-refractivity contribution in [3.8, 4) is 0 Å². The van der Waals surface area contributed by atoms with Gasteiger partial charge in [-0.15, -0.1) is 5.10 Å². The number of nitrogens with zero attached hydrogens (tertiary/aromatic N) is 3. The van der Waals surface area contributed by atoms with Gasteiger partial charge in [-0.3, -0.25) is 4.79 Å². The van der Waals surface area contributed by atoms with Gasteiger partial charge in [-0.1, -0.05) is 47.7 Å². The highest BCUT2D eigenvalue weighted by molar-refractivity contribution is 5.92. The van der Waals surface area contributed by atoms with E-state index in [-0.39, 0.29) is 18.9 Å². The maximum atomic E-state index is 12.2. The number of aromatic nitrogens is 3. The molecule has 128 valence electrons. The molecule has 0 atom stereocenters. The zero-order valence-electron chi connectivity index (χ0n) is 14.0. The first-order valence-corrected chi connectivity index (χ1v) is 8.08. The van der Waals surface area contributed by atoms with Crippen LogP contribution in [0.25, 0.3) is 0 Å². The van der Waals surface area contributed by atoms with Crippen LogP contribution in [0.2, 0.25) is 0 Å². The normalized spacial score (nSPS) is 10.6. The summed E-state index contributed by atoms with van der Waals surface area (Å²) in [5.41, 5.74) is 4.18. The fourth-order valence-corrected chi connectivity index (χ4v) is 2.52. The highest BCUT2D eigenvalue weighted by Crippen LogP contribution is 2.12. The second kappa shape index (κ2) is 7.72. The van der Waals surface area contributed by atoms with E-state index in [1.165, 1.54) is 0 Å². The van der Waals surface area contributed by atoms with Crippen molar-refractivity contribution >= 4 is 11.6 Å². The molecular weight excluding hydrogens is 316 g/mol. The predicted molar refractivity (Wildman–Crippen MR) is 95.0 cm³/mol. The molecule has 1 aromatic heterocycles. The van der Waals surface area contributed by atoms with Crippen molar-refractivity contribution in [2.45, 2.75) is 26.5 Å². The van der Waals surface area contributed by atoms with Gasteiger partial charge in [0, 0.05) is 5.69 Å². The van der Waals surface area contributed by atoms with Crippen LogP contribution in [0.5, 0.6) is 0 Å². The Kier molecular flexibility index (Phi) is 5.20. The number of hydrogen-bond donors (Lipinski definition) is 2. The van der Waals surface area contributed by atoms with Gasteiger partial charge < -0.3 is 10.4 Å². The third-order valence-electron chi connectivity index (χ3n) is 4.00. The van der Waals surface area contributed by atoms with Crippen LogP contribution in [0.15, 0.2) is 54.6 Å². The average Bonchev–Trinajstić information content (AvgIpc) is 2.96. The van der Waals surface area contributed by atoms with E-state index in [1.807, 2.05) is 37.3 Å². The van der Waals surface area contributed by atoms with E-state index in [9.17, 15) is 4.79 Å². The SMILES string of the molecule is Cc1c(CC(=O)Nc2ccc(CO)cc2)nnn1Cc1ccccc1. The Morgan fingerprint density at radius 1 is 1.08 bits per heavy atom. The maximum absolute atomic E-state index is 12.2. The first kappa shape index (κ1) is 16.9. The van der Waals surface area contributed by atoms with Gasteiger partial charge in [-0.25, -0.2) is 4.68 Å². The number of rotatable bonds is 6. The molecule has 1 heterocycles. The van der Waals surface area contributed by atoms with Gasteiger partial charge in [0.25, 0.3) is 0 Å². The largest absolute Gasteiger partial charge is 0.392 e. The lowest BCUT2D eigenvalue weighted by atomic mass is 10.2. The zero-order valence-corrected chi connectivity index (χ0v) is 14.0. The Balaban J connectivity index is 1.63. The minimum atomic E-state index is -0.147. The van der Waals surface area contributed by atoms with Crippen LogP contribution in [0, 0.1) is 6.92 Å². The van der Waals surface area contributed by atoms with Crippen LogP contribution in [-0.4, -0.2) is 26.0 Å². The van der Waals surface area contributed by atoms with Gasteiger partial charge in [0.15, 0.2) is 0 Å². The molecule has 0 fully saturated rings. The molecule has 0 aliphatic heterocycles. The Bertz CT molecular complexity index is 842. The fourth-order valence-electron chi connectivity index (χ4n) is 2.52. The Labute approximate surface area is 146 Å². The highest BCUT2D eigenvalue weighted by Gasteiger charge is 2.13. The zero-order chi connectivity index (χ0) is 17.6. The van der Waals surface area contributed by atoms with Crippen LogP contribution in [0.4, 0.5) is 5.69 Å². The molecule has 2 aromatic carbocycles. The minimum Gasteiger partial charge on any atom is -0.392 e. The van der Waals surface area contributed by atoms with E-state index >= 15 is 0 Å². The lowest BCUT2D eigenvalue weighted by Gasteiger charge is -2.06. The lowest BCUT2D eigenvalue weighted by Crippen LogP contribution is -2.15. The van der Waals surface area contributed by atoms with Gasteiger partial charge in [-0.2, -0.15) is 0 Å². The summed E-state index contributed by atoms with van der Waals surface area (Å²) in [7, 11) is 0. The monoisotopic (exact) mass is 336 g/mol. The Morgan fingerprint density at radius 2 is 1.80 bits per heavy atom. The molecule has 3 rings (SSSR count). The standard InChI is InChI=1S/C19H20N4O2/c1-14-18(21-22-23(14)12-15-5-3-2-4-6-15)11-19(25)20-17-9-7-16(13-24)8-10-17/h2-10,24H,11-13H2,1H3,(H,20,25). The van der Waals surface area contributed by atoms with Gasteiger partial charge in [-0.05, 0) is 30.2 Å². The van der Waals surface area contributed by atoms with E-state index in [2.05, 4.69) is 15.6 Å². The van der Waals surface area contributed by atoms with Gasteiger partial charge in [0.1, 0.15) is 0 Å². The summed E-state index contributed by atoms with van der Waals surface area (Å²) in [5, 5.41) is 20.2. The molecule has 0 saturated heterocycles. The number of carbonyl (C=O) groups is 1. The van der Waals surface area contributed by atoms with Gasteiger partial charge in [0.2, 0.25) is 5.91 Å². The fraction of sp³-hybridized carbons (Fsp3) is 0.211. The van der Waals surface area contributed by atoms with Crippen molar-refractivity contribution in [2.24, 2.45) is 0 Å². The van der Waals surface area contributed by atoms with Crippen molar-refractivity contribution in [1.29, 1.82) is 0 Å². The summed E-state index contributed by atoms with van der Waals surface area (Å²) in [6, 6.07) is 17.1. The second-order valence-corrected chi connectivity index (χ2v) is 5.84. The number of anilines is 1. The number of aliphatic hydroxyl groups excluding tert-OH is 1. The summed E-state index contributed by atoms with van der Waals surface area (Å²) in [6.07, 6.45) is 0.169. The van der Waals surface area contributed by atoms with Crippen LogP contribution in [0.1, 0.15) is 22.5 Å².